The van der Waals surface area contributed by atoms with Crippen molar-refractivity contribution in [3.63, 3.8) is 0 Å². The lowest BCUT2D eigenvalue weighted by Crippen LogP contribution is -2.33. The second-order valence-corrected chi connectivity index (χ2v) is 5.53. The fourth-order valence-corrected chi connectivity index (χ4v) is 2.22. The fourth-order valence-electron chi connectivity index (χ4n) is 1.45. The molecule has 0 aliphatic rings. The van der Waals surface area contributed by atoms with Gasteiger partial charge in [-0.2, -0.15) is 0 Å². The van der Waals surface area contributed by atoms with E-state index >= 15 is 0 Å². The van der Waals surface area contributed by atoms with Crippen molar-refractivity contribution in [1.82, 2.24) is 9.88 Å². The number of thioether (sulfide) groups is 1. The highest BCUT2D eigenvalue weighted by atomic mass is 32.2. The van der Waals surface area contributed by atoms with Crippen molar-refractivity contribution >= 4 is 29.5 Å². The zero-order chi connectivity index (χ0) is 14.4. The van der Waals surface area contributed by atoms with Gasteiger partial charge in [-0.1, -0.05) is 6.92 Å². The van der Waals surface area contributed by atoms with Gasteiger partial charge in [0, 0.05) is 18.5 Å². The van der Waals surface area contributed by atoms with E-state index in [-0.39, 0.29) is 17.4 Å². The Kier molecular flexibility index (Phi) is 5.62. The first-order chi connectivity index (χ1) is 8.90. The molecule has 0 aliphatic carbocycles. The second-order valence-electron chi connectivity index (χ2n) is 4.10. The van der Waals surface area contributed by atoms with Crippen LogP contribution in [0.25, 0.3) is 0 Å². The summed E-state index contributed by atoms with van der Waals surface area (Å²) in [5.41, 5.74) is 0.400. The lowest BCUT2D eigenvalue weighted by Gasteiger charge is -2.08. The smallest absolute Gasteiger partial charge is 0.304 e. The van der Waals surface area contributed by atoms with Gasteiger partial charge in [0.25, 0.3) is 5.91 Å². The number of aliphatic carboxylic acids is 1. The third-order valence-corrected chi connectivity index (χ3v) is 3.55. The minimum atomic E-state index is -0.903. The van der Waals surface area contributed by atoms with Crippen LogP contribution in [-0.4, -0.2) is 38.5 Å². The predicted octanol–water partition coefficient (Wildman–Crippen LogP) is 0.878. The molecule has 1 atom stereocenters. The van der Waals surface area contributed by atoms with Crippen LogP contribution in [0.15, 0.2) is 18.3 Å². The van der Waals surface area contributed by atoms with Gasteiger partial charge in [-0.3, -0.25) is 19.7 Å². The van der Waals surface area contributed by atoms with E-state index in [1.165, 1.54) is 11.8 Å². The first-order valence-corrected chi connectivity index (χ1v) is 6.74. The van der Waals surface area contributed by atoms with Gasteiger partial charge in [-0.25, -0.2) is 0 Å². The molecule has 6 nitrogen and oxygen atoms in total. The summed E-state index contributed by atoms with van der Waals surface area (Å²) in [5.74, 6) is -1.72. The van der Waals surface area contributed by atoms with E-state index < -0.39 is 17.8 Å². The number of nitrogens with zero attached hydrogens (tertiary/aromatic N) is 1. The average Bonchev–Trinajstić information content (AvgIpc) is 2.72. The van der Waals surface area contributed by atoms with Gasteiger partial charge in [-0.05, 0) is 12.1 Å². The van der Waals surface area contributed by atoms with Crippen molar-refractivity contribution in [3.05, 3.63) is 24.0 Å². The van der Waals surface area contributed by atoms with E-state index in [0.29, 0.717) is 5.69 Å². The molecule has 0 bridgehead atoms. The molecule has 2 N–H and O–H groups in total. The molecule has 0 saturated carbocycles. The van der Waals surface area contributed by atoms with E-state index in [0.717, 1.165) is 0 Å². The molecule has 0 spiro atoms. The minimum absolute atomic E-state index is 0.0102. The van der Waals surface area contributed by atoms with Gasteiger partial charge in [0.05, 0.1) is 12.2 Å². The number of hydrogen-bond acceptors (Lipinski definition) is 4. The summed E-state index contributed by atoms with van der Waals surface area (Å²) >= 11 is 1.20. The number of carboxylic acid groups (broad SMARTS) is 1. The molecule has 7 heteroatoms. The zero-order valence-electron chi connectivity index (χ0n) is 10.8. The highest BCUT2D eigenvalue weighted by Gasteiger charge is 2.15. The topological polar surface area (TPSA) is 88.4 Å². The minimum Gasteiger partial charge on any atom is -0.481 e. The van der Waals surface area contributed by atoms with E-state index in [1.807, 2.05) is 0 Å². The largest absolute Gasteiger partial charge is 0.481 e. The van der Waals surface area contributed by atoms with Crippen LogP contribution >= 0.6 is 11.8 Å². The molecular formula is C12H16N2O4S. The van der Waals surface area contributed by atoms with Crippen LogP contribution in [0.1, 0.15) is 23.8 Å². The number of imide groups is 1. The first-order valence-electron chi connectivity index (χ1n) is 5.69. The highest BCUT2D eigenvalue weighted by molar-refractivity contribution is 8.00. The molecule has 1 rings (SSSR count). The Bertz CT molecular complexity index is 484. The quantitative estimate of drug-likeness (QED) is 0.809. The molecule has 0 aromatic carbocycles. The maximum atomic E-state index is 11.7. The number of carbonyl (C=O) groups is 3. The van der Waals surface area contributed by atoms with Crippen LogP contribution in [0.5, 0.6) is 0 Å². The van der Waals surface area contributed by atoms with Crippen molar-refractivity contribution in [2.75, 3.05) is 5.75 Å². The molecule has 1 aromatic rings. The summed E-state index contributed by atoms with van der Waals surface area (Å²) in [6.45, 7) is 1.73. The van der Waals surface area contributed by atoms with Crippen LogP contribution in [0.2, 0.25) is 0 Å². The van der Waals surface area contributed by atoms with Gasteiger partial charge in [0.1, 0.15) is 5.69 Å². The van der Waals surface area contributed by atoms with Crippen LogP contribution < -0.4 is 5.32 Å². The van der Waals surface area contributed by atoms with Crippen molar-refractivity contribution in [2.24, 2.45) is 7.05 Å². The van der Waals surface area contributed by atoms with Crippen molar-refractivity contribution in [2.45, 2.75) is 18.6 Å². The summed E-state index contributed by atoms with van der Waals surface area (Å²) < 4.78 is 1.61. The number of hydrogen-bond donors (Lipinski definition) is 2. The Balaban J connectivity index is 2.38. The number of aromatic nitrogens is 1. The number of nitrogens with one attached hydrogen (secondary N) is 1. The number of rotatable bonds is 6. The van der Waals surface area contributed by atoms with Crippen molar-refractivity contribution in [3.8, 4) is 0 Å². The molecule has 19 heavy (non-hydrogen) atoms. The van der Waals surface area contributed by atoms with Crippen molar-refractivity contribution in [1.29, 1.82) is 0 Å². The number of aryl methyl sites for hydroxylation is 1. The lowest BCUT2D eigenvalue weighted by molar-refractivity contribution is -0.136. The fraction of sp³-hybridized carbons (Fsp3) is 0.417. The Morgan fingerprint density at radius 3 is 2.68 bits per heavy atom. The van der Waals surface area contributed by atoms with Crippen molar-refractivity contribution < 1.29 is 19.5 Å². The monoisotopic (exact) mass is 284 g/mol. The van der Waals surface area contributed by atoms with Crippen LogP contribution in [-0.2, 0) is 16.6 Å². The van der Waals surface area contributed by atoms with Gasteiger partial charge >= 0.3 is 5.97 Å². The standard InChI is InChI=1S/C12H16N2O4S/c1-8(6-11(16)17)19-7-10(15)13-12(18)9-4-3-5-14(9)2/h3-5,8H,6-7H2,1-2H3,(H,16,17)(H,13,15,18). The van der Waals surface area contributed by atoms with E-state index in [1.54, 1.807) is 36.9 Å². The van der Waals surface area contributed by atoms with Gasteiger partial charge in [0.2, 0.25) is 5.91 Å². The molecule has 2 amide bonds. The number of amides is 2. The Morgan fingerprint density at radius 2 is 2.16 bits per heavy atom. The Hall–Kier alpha value is -1.76. The normalized spacial score (nSPS) is 11.9. The molecular weight excluding hydrogens is 268 g/mol. The summed E-state index contributed by atoms with van der Waals surface area (Å²) in [4.78, 5) is 33.7. The zero-order valence-corrected chi connectivity index (χ0v) is 11.6. The molecule has 104 valence electrons. The maximum absolute atomic E-state index is 11.7. The maximum Gasteiger partial charge on any atom is 0.304 e. The summed E-state index contributed by atoms with van der Waals surface area (Å²) in [6, 6.07) is 3.33. The Morgan fingerprint density at radius 1 is 1.47 bits per heavy atom. The third-order valence-electron chi connectivity index (χ3n) is 2.39. The van der Waals surface area contributed by atoms with E-state index in [2.05, 4.69) is 5.32 Å². The molecule has 0 fully saturated rings. The third kappa shape index (κ3) is 5.17. The summed E-state index contributed by atoms with van der Waals surface area (Å²) in [7, 11) is 1.71. The molecule has 0 radical (unpaired) electrons. The summed E-state index contributed by atoms with van der Waals surface area (Å²) in [6.07, 6.45) is 1.70. The van der Waals surface area contributed by atoms with Crippen LogP contribution in [0, 0.1) is 0 Å². The molecule has 0 aliphatic heterocycles. The second kappa shape index (κ2) is 6.98. The average molecular weight is 284 g/mol. The lowest BCUT2D eigenvalue weighted by atomic mass is 10.3. The van der Waals surface area contributed by atoms with E-state index in [9.17, 15) is 14.4 Å². The highest BCUT2D eigenvalue weighted by Crippen LogP contribution is 2.13. The molecule has 1 heterocycles. The van der Waals surface area contributed by atoms with Crippen LogP contribution in [0.3, 0.4) is 0 Å². The van der Waals surface area contributed by atoms with Crippen LogP contribution in [0.4, 0.5) is 0 Å². The van der Waals surface area contributed by atoms with Gasteiger partial charge in [0.15, 0.2) is 0 Å². The van der Waals surface area contributed by atoms with Gasteiger partial charge in [-0.15, -0.1) is 11.8 Å². The number of carboxylic acids is 1. The molecule has 1 aromatic heterocycles. The SMILES string of the molecule is CC(CC(=O)O)SCC(=O)NC(=O)c1cccn1C. The van der Waals surface area contributed by atoms with Gasteiger partial charge < -0.3 is 9.67 Å². The molecule has 0 saturated heterocycles. The first kappa shape index (κ1) is 15.3. The summed E-state index contributed by atoms with van der Waals surface area (Å²) in [5, 5.41) is 10.7. The Labute approximate surface area is 115 Å². The predicted molar refractivity (Wildman–Crippen MR) is 72.1 cm³/mol. The molecule has 1 unspecified atom stereocenters. The number of carbonyl (C=O) groups excluding carboxylic acids is 2. The van der Waals surface area contributed by atoms with E-state index in [4.69, 9.17) is 5.11 Å².